The molecule has 0 spiro atoms. The lowest BCUT2D eigenvalue weighted by atomic mass is 10.1. The standard InChI is InChI=1S/C11H6Br3ClS/c12-8-3-4-16-11(8)10(14)7-2-1-6(15)5-9(7)13/h1-5,10H. The number of hydrogen-bond acceptors (Lipinski definition) is 1. The molecule has 0 fully saturated rings. The molecule has 0 nitrogen and oxygen atoms in total. The summed E-state index contributed by atoms with van der Waals surface area (Å²) < 4.78 is 2.14. The average Bonchev–Trinajstić information content (AvgIpc) is 2.63. The van der Waals surface area contributed by atoms with E-state index in [4.69, 9.17) is 11.6 Å². The monoisotopic (exact) mass is 442 g/mol. The van der Waals surface area contributed by atoms with Gasteiger partial charge >= 0.3 is 0 Å². The molecule has 0 radical (unpaired) electrons. The van der Waals surface area contributed by atoms with Crippen LogP contribution >= 0.6 is 70.7 Å². The number of rotatable bonds is 2. The summed E-state index contributed by atoms with van der Waals surface area (Å²) in [6.07, 6.45) is 0. The van der Waals surface area contributed by atoms with E-state index in [2.05, 4.69) is 59.2 Å². The van der Waals surface area contributed by atoms with Crippen molar-refractivity contribution in [3.63, 3.8) is 0 Å². The highest BCUT2D eigenvalue weighted by Gasteiger charge is 2.17. The van der Waals surface area contributed by atoms with Gasteiger partial charge in [-0.25, -0.2) is 0 Å². The Kier molecular flexibility index (Phi) is 4.52. The Bertz CT molecular complexity index is 510. The van der Waals surface area contributed by atoms with Gasteiger partial charge in [-0.2, -0.15) is 0 Å². The van der Waals surface area contributed by atoms with Crippen molar-refractivity contribution in [2.45, 2.75) is 4.83 Å². The van der Waals surface area contributed by atoms with Crippen molar-refractivity contribution in [1.82, 2.24) is 0 Å². The maximum Gasteiger partial charge on any atom is 0.0760 e. The predicted molar refractivity (Wildman–Crippen MR) is 81.9 cm³/mol. The molecule has 2 rings (SSSR count). The fourth-order valence-corrected chi connectivity index (χ4v) is 5.42. The Labute approximate surface area is 128 Å². The van der Waals surface area contributed by atoms with Crippen molar-refractivity contribution in [1.29, 1.82) is 0 Å². The summed E-state index contributed by atoms with van der Waals surface area (Å²) in [5.41, 5.74) is 1.17. The van der Waals surface area contributed by atoms with Crippen LogP contribution in [0.4, 0.5) is 0 Å². The Morgan fingerprint density at radius 2 is 1.88 bits per heavy atom. The molecule has 1 heterocycles. The fourth-order valence-electron chi connectivity index (χ4n) is 1.33. The van der Waals surface area contributed by atoms with Crippen LogP contribution in [0.25, 0.3) is 0 Å². The molecular weight excluding hydrogens is 439 g/mol. The molecule has 0 aliphatic rings. The number of thiophene rings is 1. The van der Waals surface area contributed by atoms with Gasteiger partial charge in [0.2, 0.25) is 0 Å². The smallest absolute Gasteiger partial charge is 0.0760 e. The van der Waals surface area contributed by atoms with E-state index in [0.717, 1.165) is 14.0 Å². The van der Waals surface area contributed by atoms with Gasteiger partial charge in [0.1, 0.15) is 0 Å². The summed E-state index contributed by atoms with van der Waals surface area (Å²) in [4.78, 5) is 1.43. The Morgan fingerprint density at radius 3 is 2.44 bits per heavy atom. The van der Waals surface area contributed by atoms with Crippen molar-refractivity contribution >= 4 is 70.7 Å². The van der Waals surface area contributed by atoms with Crippen LogP contribution < -0.4 is 0 Å². The molecule has 1 unspecified atom stereocenters. The lowest BCUT2D eigenvalue weighted by Crippen LogP contribution is -1.91. The maximum atomic E-state index is 5.93. The zero-order valence-corrected chi connectivity index (χ0v) is 14.2. The fraction of sp³-hybridized carbons (Fsp3) is 0.0909. The van der Waals surface area contributed by atoms with Crippen LogP contribution in [0.15, 0.2) is 38.6 Å². The summed E-state index contributed by atoms with van der Waals surface area (Å²) >= 11 is 18.4. The summed E-state index contributed by atoms with van der Waals surface area (Å²) in [5, 5.41) is 2.80. The first-order valence-electron chi connectivity index (χ1n) is 4.41. The molecule has 0 bridgehead atoms. The van der Waals surface area contributed by atoms with E-state index in [1.165, 1.54) is 10.4 Å². The molecule has 0 aliphatic carbocycles. The first-order valence-corrected chi connectivity index (χ1v) is 8.17. The van der Waals surface area contributed by atoms with Crippen LogP contribution in [0.5, 0.6) is 0 Å². The van der Waals surface area contributed by atoms with Crippen molar-refractivity contribution < 1.29 is 0 Å². The van der Waals surface area contributed by atoms with Crippen molar-refractivity contribution in [2.24, 2.45) is 0 Å². The molecule has 84 valence electrons. The molecule has 1 aromatic carbocycles. The topological polar surface area (TPSA) is 0 Å². The minimum Gasteiger partial charge on any atom is -0.146 e. The van der Waals surface area contributed by atoms with Crippen LogP contribution in [0.3, 0.4) is 0 Å². The lowest BCUT2D eigenvalue weighted by molar-refractivity contribution is 1.20. The van der Waals surface area contributed by atoms with Gasteiger partial charge in [0, 0.05) is 18.8 Å². The summed E-state index contributed by atoms with van der Waals surface area (Å²) in [5.74, 6) is 0. The second-order valence-electron chi connectivity index (χ2n) is 3.16. The predicted octanol–water partition coefficient (Wildman–Crippen LogP) is 6.41. The number of halogens is 4. The van der Waals surface area contributed by atoms with Gasteiger partial charge in [-0.3, -0.25) is 0 Å². The van der Waals surface area contributed by atoms with E-state index in [1.807, 2.05) is 18.2 Å². The zero-order chi connectivity index (χ0) is 11.7. The van der Waals surface area contributed by atoms with Crippen molar-refractivity contribution in [3.8, 4) is 0 Å². The molecule has 1 atom stereocenters. The van der Waals surface area contributed by atoms with E-state index >= 15 is 0 Å². The molecule has 0 amide bonds. The van der Waals surface area contributed by atoms with Crippen LogP contribution in [-0.4, -0.2) is 0 Å². The number of hydrogen-bond donors (Lipinski definition) is 0. The minimum atomic E-state index is 0.175. The van der Waals surface area contributed by atoms with Crippen LogP contribution in [0, 0.1) is 0 Å². The average molecular weight is 445 g/mol. The van der Waals surface area contributed by atoms with Crippen molar-refractivity contribution in [2.75, 3.05) is 0 Å². The molecule has 0 N–H and O–H groups in total. The minimum absolute atomic E-state index is 0.175. The molecule has 0 saturated heterocycles. The normalized spacial score (nSPS) is 12.8. The molecule has 16 heavy (non-hydrogen) atoms. The van der Waals surface area contributed by atoms with Gasteiger partial charge in [0.05, 0.1) is 4.83 Å². The third kappa shape index (κ3) is 2.72. The Hall–Kier alpha value is 0.650. The third-order valence-electron chi connectivity index (χ3n) is 2.11. The summed E-state index contributed by atoms with van der Waals surface area (Å²) in [7, 11) is 0. The Balaban J connectivity index is 2.41. The molecule has 5 heteroatoms. The first-order chi connectivity index (χ1) is 7.59. The van der Waals surface area contributed by atoms with Gasteiger partial charge in [0.25, 0.3) is 0 Å². The molecular formula is C11H6Br3ClS. The lowest BCUT2D eigenvalue weighted by Gasteiger charge is -2.11. The summed E-state index contributed by atoms with van der Waals surface area (Å²) in [6.45, 7) is 0. The molecule has 0 saturated carbocycles. The second kappa shape index (κ2) is 5.53. The molecule has 2 aromatic rings. The van der Waals surface area contributed by atoms with Crippen LogP contribution in [0.1, 0.15) is 15.3 Å². The van der Waals surface area contributed by atoms with E-state index in [0.29, 0.717) is 0 Å². The van der Waals surface area contributed by atoms with Gasteiger partial charge in [-0.05, 0) is 45.1 Å². The largest absolute Gasteiger partial charge is 0.146 e. The van der Waals surface area contributed by atoms with Crippen LogP contribution in [-0.2, 0) is 0 Å². The third-order valence-corrected chi connectivity index (χ3v) is 6.22. The van der Waals surface area contributed by atoms with E-state index in [-0.39, 0.29) is 4.83 Å². The van der Waals surface area contributed by atoms with Gasteiger partial charge < -0.3 is 0 Å². The summed E-state index contributed by atoms with van der Waals surface area (Å²) in [6, 6.07) is 7.89. The van der Waals surface area contributed by atoms with E-state index < -0.39 is 0 Å². The van der Waals surface area contributed by atoms with Gasteiger partial charge in [-0.15, -0.1) is 11.3 Å². The molecule has 0 aliphatic heterocycles. The van der Waals surface area contributed by atoms with Gasteiger partial charge in [0.15, 0.2) is 0 Å². The van der Waals surface area contributed by atoms with Crippen LogP contribution in [0.2, 0.25) is 5.02 Å². The SMILES string of the molecule is Clc1ccc(C(Br)c2sccc2Br)c(Br)c1. The first kappa shape index (κ1) is 13.1. The highest BCUT2D eigenvalue weighted by atomic mass is 79.9. The number of benzene rings is 1. The number of alkyl halides is 1. The zero-order valence-electron chi connectivity index (χ0n) is 7.88. The Morgan fingerprint density at radius 1 is 1.12 bits per heavy atom. The second-order valence-corrected chi connectivity index (χ2v) is 7.17. The van der Waals surface area contributed by atoms with Gasteiger partial charge in [-0.1, -0.05) is 49.5 Å². The highest BCUT2D eigenvalue weighted by Crippen LogP contribution is 2.41. The molecule has 1 aromatic heterocycles. The highest BCUT2D eigenvalue weighted by molar-refractivity contribution is 9.11. The van der Waals surface area contributed by atoms with E-state index in [1.54, 1.807) is 11.3 Å². The quantitative estimate of drug-likeness (QED) is 0.469. The van der Waals surface area contributed by atoms with E-state index in [9.17, 15) is 0 Å². The van der Waals surface area contributed by atoms with Crippen molar-refractivity contribution in [3.05, 3.63) is 54.1 Å². The maximum absolute atomic E-state index is 5.93.